The average Bonchev–Trinajstić information content (AvgIpc) is 2.75. The fraction of sp³-hybridized carbons (Fsp3) is 0.364. The number of ether oxygens (including phenoxy) is 1. The maximum Gasteiger partial charge on any atom is 0.317 e. The summed E-state index contributed by atoms with van der Waals surface area (Å²) in [6.07, 6.45) is 1.97. The van der Waals surface area contributed by atoms with Crippen LogP contribution in [0, 0.1) is 0 Å². The Balaban J connectivity index is 1.68. The van der Waals surface area contributed by atoms with Gasteiger partial charge in [0.25, 0.3) is 5.91 Å². The zero-order valence-corrected chi connectivity index (χ0v) is 16.4. The normalized spacial score (nSPS) is 16.4. The highest BCUT2D eigenvalue weighted by Gasteiger charge is 2.24. The third-order valence-electron chi connectivity index (χ3n) is 4.97. The van der Waals surface area contributed by atoms with Crippen LogP contribution < -0.4 is 15.4 Å². The summed E-state index contributed by atoms with van der Waals surface area (Å²) in [4.78, 5) is 26.4. The lowest BCUT2D eigenvalue weighted by molar-refractivity contribution is 0.102. The van der Waals surface area contributed by atoms with E-state index in [1.165, 1.54) is 0 Å². The lowest BCUT2D eigenvalue weighted by Gasteiger charge is -2.32. The Morgan fingerprint density at radius 1 is 1.18 bits per heavy atom. The number of piperidine rings is 1. The highest BCUT2D eigenvalue weighted by molar-refractivity contribution is 6.04. The maximum absolute atomic E-state index is 12.7. The van der Waals surface area contributed by atoms with Crippen molar-refractivity contribution in [2.24, 2.45) is 0 Å². The zero-order chi connectivity index (χ0) is 19.9. The van der Waals surface area contributed by atoms with Crippen molar-refractivity contribution in [3.63, 3.8) is 0 Å². The molecule has 0 saturated carbocycles. The summed E-state index contributed by atoms with van der Waals surface area (Å²) < 4.78 is 5.42. The lowest BCUT2D eigenvalue weighted by atomic mass is 9.89. The number of benzene rings is 2. The second-order valence-corrected chi connectivity index (χ2v) is 6.88. The number of nitrogens with one attached hydrogen (secondary N) is 2. The fourth-order valence-electron chi connectivity index (χ4n) is 3.53. The molecule has 1 unspecified atom stereocenters. The number of rotatable bonds is 5. The van der Waals surface area contributed by atoms with Crippen molar-refractivity contribution >= 4 is 17.6 Å². The van der Waals surface area contributed by atoms with Gasteiger partial charge in [0.1, 0.15) is 5.75 Å². The molecule has 3 amide bonds. The highest BCUT2D eigenvalue weighted by Crippen LogP contribution is 2.27. The van der Waals surface area contributed by atoms with Crippen molar-refractivity contribution in [3.8, 4) is 5.75 Å². The molecule has 0 aromatic heterocycles. The molecule has 1 fully saturated rings. The van der Waals surface area contributed by atoms with Crippen LogP contribution >= 0.6 is 0 Å². The van der Waals surface area contributed by atoms with Gasteiger partial charge >= 0.3 is 6.03 Å². The van der Waals surface area contributed by atoms with Crippen LogP contribution in [0.3, 0.4) is 0 Å². The molecule has 1 aliphatic rings. The monoisotopic (exact) mass is 381 g/mol. The number of carbonyl (C=O) groups is 2. The molecule has 0 radical (unpaired) electrons. The molecule has 1 atom stereocenters. The second kappa shape index (κ2) is 9.26. The van der Waals surface area contributed by atoms with Gasteiger partial charge in [-0.3, -0.25) is 4.79 Å². The molecular weight excluding hydrogens is 354 g/mol. The van der Waals surface area contributed by atoms with Gasteiger partial charge in [0.05, 0.1) is 6.61 Å². The summed E-state index contributed by atoms with van der Waals surface area (Å²) in [5.41, 5.74) is 2.43. The second-order valence-electron chi connectivity index (χ2n) is 6.88. The summed E-state index contributed by atoms with van der Waals surface area (Å²) in [5, 5.41) is 5.61. The van der Waals surface area contributed by atoms with Gasteiger partial charge in [-0.15, -0.1) is 0 Å². The first-order valence-electron chi connectivity index (χ1n) is 9.71. The molecule has 1 saturated heterocycles. The lowest BCUT2D eigenvalue weighted by Crippen LogP contribution is -2.43. The van der Waals surface area contributed by atoms with Crippen LogP contribution in [0.2, 0.25) is 0 Å². The summed E-state index contributed by atoms with van der Waals surface area (Å²) in [5.74, 6) is 0.870. The highest BCUT2D eigenvalue weighted by atomic mass is 16.5. The quantitative estimate of drug-likeness (QED) is 0.826. The van der Waals surface area contributed by atoms with Gasteiger partial charge in [-0.05, 0) is 61.7 Å². The van der Waals surface area contributed by atoms with Crippen LogP contribution in [0.15, 0.2) is 48.5 Å². The largest absolute Gasteiger partial charge is 0.494 e. The molecule has 6 heteroatoms. The molecule has 0 aliphatic carbocycles. The molecule has 0 bridgehead atoms. The van der Waals surface area contributed by atoms with Crippen molar-refractivity contribution in [1.29, 1.82) is 0 Å². The Bertz CT molecular complexity index is 820. The first-order valence-corrected chi connectivity index (χ1v) is 9.71. The minimum absolute atomic E-state index is 0.0471. The zero-order valence-electron chi connectivity index (χ0n) is 16.4. The van der Waals surface area contributed by atoms with E-state index in [0.29, 0.717) is 18.7 Å². The van der Waals surface area contributed by atoms with E-state index in [9.17, 15) is 9.59 Å². The third-order valence-corrected chi connectivity index (χ3v) is 4.97. The van der Waals surface area contributed by atoms with Crippen LogP contribution in [-0.2, 0) is 0 Å². The molecule has 1 aliphatic heterocycles. The molecule has 2 aromatic carbocycles. The SMILES string of the molecule is CCOc1ccc(NC(=O)c2cccc(C3CCCN(C(=O)NC)C3)c2)cc1. The average molecular weight is 381 g/mol. The molecule has 3 rings (SSSR count). The van der Waals surface area contributed by atoms with Crippen LogP contribution in [-0.4, -0.2) is 43.6 Å². The first kappa shape index (κ1) is 19.7. The number of anilines is 1. The van der Waals surface area contributed by atoms with E-state index in [-0.39, 0.29) is 17.9 Å². The fourth-order valence-corrected chi connectivity index (χ4v) is 3.53. The van der Waals surface area contributed by atoms with E-state index in [4.69, 9.17) is 4.74 Å². The topological polar surface area (TPSA) is 70.7 Å². The van der Waals surface area contributed by atoms with E-state index in [2.05, 4.69) is 10.6 Å². The Labute approximate surface area is 165 Å². The maximum atomic E-state index is 12.7. The van der Waals surface area contributed by atoms with Gasteiger partial charge in [-0.25, -0.2) is 4.79 Å². The van der Waals surface area contributed by atoms with Crippen LogP contribution in [0.5, 0.6) is 5.75 Å². The summed E-state index contributed by atoms with van der Waals surface area (Å²) in [7, 11) is 1.65. The molecule has 1 heterocycles. The molecule has 6 nitrogen and oxygen atoms in total. The van der Waals surface area contributed by atoms with Crippen molar-refractivity contribution in [2.75, 3.05) is 32.1 Å². The number of carbonyl (C=O) groups excluding carboxylic acids is 2. The summed E-state index contributed by atoms with van der Waals surface area (Å²) in [6, 6.07) is 15.0. The van der Waals surface area contributed by atoms with E-state index >= 15 is 0 Å². The number of hydrogen-bond acceptors (Lipinski definition) is 3. The smallest absolute Gasteiger partial charge is 0.317 e. The number of hydrogen-bond donors (Lipinski definition) is 2. The number of likely N-dealkylation sites (tertiary alicyclic amines) is 1. The van der Waals surface area contributed by atoms with Crippen molar-refractivity contribution < 1.29 is 14.3 Å². The Hall–Kier alpha value is -3.02. The van der Waals surface area contributed by atoms with Crippen LogP contribution in [0.1, 0.15) is 41.6 Å². The van der Waals surface area contributed by atoms with E-state index in [0.717, 1.165) is 36.4 Å². The van der Waals surface area contributed by atoms with Gasteiger partial charge < -0.3 is 20.3 Å². The molecular formula is C22H27N3O3. The van der Waals surface area contributed by atoms with Crippen molar-refractivity contribution in [1.82, 2.24) is 10.2 Å². The minimum Gasteiger partial charge on any atom is -0.494 e. The Kier molecular flexibility index (Phi) is 6.53. The standard InChI is InChI=1S/C22H27N3O3/c1-3-28-20-11-9-19(10-12-20)24-21(26)17-7-4-6-16(14-17)18-8-5-13-25(15-18)22(27)23-2/h4,6-7,9-12,14,18H,3,5,8,13,15H2,1-2H3,(H,23,27)(H,24,26). The van der Waals surface area contributed by atoms with Crippen LogP contribution in [0.25, 0.3) is 0 Å². The number of amides is 3. The van der Waals surface area contributed by atoms with Gasteiger partial charge in [0.2, 0.25) is 0 Å². The van der Waals surface area contributed by atoms with Crippen molar-refractivity contribution in [3.05, 3.63) is 59.7 Å². The Morgan fingerprint density at radius 3 is 2.68 bits per heavy atom. The summed E-state index contributed by atoms with van der Waals surface area (Å²) >= 11 is 0. The predicted molar refractivity (Wildman–Crippen MR) is 110 cm³/mol. The first-order chi connectivity index (χ1) is 13.6. The van der Waals surface area contributed by atoms with Gasteiger partial charge in [0.15, 0.2) is 0 Å². The number of urea groups is 1. The minimum atomic E-state index is -0.148. The van der Waals surface area contributed by atoms with Crippen molar-refractivity contribution in [2.45, 2.75) is 25.7 Å². The molecule has 0 spiro atoms. The third kappa shape index (κ3) is 4.82. The van der Waals surface area contributed by atoms with E-state index < -0.39 is 0 Å². The summed E-state index contributed by atoms with van der Waals surface area (Å²) in [6.45, 7) is 3.98. The van der Waals surface area contributed by atoms with E-state index in [1.807, 2.05) is 60.4 Å². The molecule has 148 valence electrons. The van der Waals surface area contributed by atoms with Gasteiger partial charge in [0, 0.05) is 37.3 Å². The van der Waals surface area contributed by atoms with Gasteiger partial charge in [-0.1, -0.05) is 12.1 Å². The molecule has 2 aromatic rings. The number of nitrogens with zero attached hydrogens (tertiary/aromatic N) is 1. The predicted octanol–water partition coefficient (Wildman–Crippen LogP) is 3.86. The van der Waals surface area contributed by atoms with Crippen LogP contribution in [0.4, 0.5) is 10.5 Å². The molecule has 2 N–H and O–H groups in total. The van der Waals surface area contributed by atoms with Gasteiger partial charge in [-0.2, -0.15) is 0 Å². The molecule has 28 heavy (non-hydrogen) atoms. The van der Waals surface area contributed by atoms with E-state index in [1.54, 1.807) is 7.05 Å². The Morgan fingerprint density at radius 2 is 1.96 bits per heavy atom.